The van der Waals surface area contributed by atoms with E-state index in [1.165, 1.54) is 18.1 Å². The van der Waals surface area contributed by atoms with Crippen LogP contribution in [0.4, 0.5) is 0 Å². The van der Waals surface area contributed by atoms with Crippen molar-refractivity contribution in [2.24, 2.45) is 0 Å². The molecule has 3 heterocycles. The molecule has 3 atom stereocenters. The van der Waals surface area contributed by atoms with E-state index in [4.69, 9.17) is 4.74 Å². The lowest BCUT2D eigenvalue weighted by atomic mass is 10.0. The molecule has 146 valence electrons. The maximum Gasteiger partial charge on any atom is 0.325 e. The van der Waals surface area contributed by atoms with Gasteiger partial charge in [0.1, 0.15) is 6.54 Å². The van der Waals surface area contributed by atoms with Gasteiger partial charge in [-0.1, -0.05) is 18.2 Å². The predicted molar refractivity (Wildman–Crippen MR) is 105 cm³/mol. The Bertz CT molecular complexity index is 847. The number of carbonyl (C=O) groups is 1. The summed E-state index contributed by atoms with van der Waals surface area (Å²) in [5.41, 5.74) is 3.49. The number of aromatic nitrogens is 1. The number of fused-ring (bicyclic) bond motifs is 2. The van der Waals surface area contributed by atoms with Gasteiger partial charge >= 0.3 is 5.97 Å². The van der Waals surface area contributed by atoms with E-state index >= 15 is 0 Å². The largest absolute Gasteiger partial charge is 0.468 e. The number of piperazine rings is 1. The lowest BCUT2D eigenvalue weighted by Gasteiger charge is -2.42. The number of methoxy groups -OCH3 is 1. The molecule has 6 nitrogen and oxygen atoms in total. The van der Waals surface area contributed by atoms with Crippen molar-refractivity contribution in [3.05, 3.63) is 35.5 Å². The topological polar surface area (TPSA) is 57.9 Å². The van der Waals surface area contributed by atoms with Gasteiger partial charge in [-0.15, -0.1) is 0 Å². The maximum absolute atomic E-state index is 11.9. The fraction of sp³-hybridized carbons (Fsp3) is 0.571. The third-order valence-corrected chi connectivity index (χ3v) is 6.31. The molecule has 27 heavy (non-hydrogen) atoms. The SMILES string of the molecule is COC(=O)Cn1c(C)c(CN2CC3C[C@@H](O)CN3C[C@H]2C)c2ccccc21. The number of nitrogens with zero attached hydrogens (tertiary/aromatic N) is 3. The van der Waals surface area contributed by atoms with Gasteiger partial charge in [-0.3, -0.25) is 14.6 Å². The van der Waals surface area contributed by atoms with Crippen molar-refractivity contribution in [1.82, 2.24) is 14.4 Å². The first-order chi connectivity index (χ1) is 13.0. The minimum atomic E-state index is -0.229. The van der Waals surface area contributed by atoms with Gasteiger partial charge in [0.05, 0.1) is 13.2 Å². The van der Waals surface area contributed by atoms with Gasteiger partial charge in [0, 0.05) is 54.9 Å². The average molecular weight is 371 g/mol. The standard InChI is InChI=1S/C21H29N3O3/c1-14-9-23-11-17(25)8-16(23)10-22(14)12-19-15(2)24(13-21(26)27-3)20-7-5-4-6-18(19)20/h4-7,14,16-17,25H,8-13H2,1-3H3/t14-,16?,17-/m1/s1. The molecule has 0 amide bonds. The number of benzene rings is 1. The summed E-state index contributed by atoms with van der Waals surface area (Å²) < 4.78 is 6.96. The molecule has 1 aromatic carbocycles. The molecule has 1 unspecified atom stereocenters. The zero-order chi connectivity index (χ0) is 19.1. The first-order valence-corrected chi connectivity index (χ1v) is 9.77. The van der Waals surface area contributed by atoms with E-state index in [0.29, 0.717) is 12.1 Å². The number of aliphatic hydroxyl groups is 1. The second kappa shape index (κ2) is 7.26. The van der Waals surface area contributed by atoms with E-state index in [0.717, 1.165) is 43.8 Å². The number of para-hydroxylation sites is 1. The van der Waals surface area contributed by atoms with Gasteiger partial charge in [-0.25, -0.2) is 0 Å². The van der Waals surface area contributed by atoms with Crippen molar-refractivity contribution >= 4 is 16.9 Å². The molecule has 0 radical (unpaired) electrons. The average Bonchev–Trinajstić information content (AvgIpc) is 3.13. The van der Waals surface area contributed by atoms with Crippen LogP contribution in [0.15, 0.2) is 24.3 Å². The third kappa shape index (κ3) is 3.37. The van der Waals surface area contributed by atoms with Gasteiger partial charge in [0.15, 0.2) is 0 Å². The van der Waals surface area contributed by atoms with Gasteiger partial charge in [-0.2, -0.15) is 0 Å². The van der Waals surface area contributed by atoms with E-state index < -0.39 is 0 Å². The van der Waals surface area contributed by atoms with Gasteiger partial charge < -0.3 is 14.4 Å². The summed E-state index contributed by atoms with van der Waals surface area (Å²) in [7, 11) is 1.43. The van der Waals surface area contributed by atoms with Crippen molar-refractivity contribution in [1.29, 1.82) is 0 Å². The van der Waals surface area contributed by atoms with Crippen LogP contribution in [0.1, 0.15) is 24.6 Å². The van der Waals surface area contributed by atoms with E-state index in [1.807, 2.05) is 6.07 Å². The van der Waals surface area contributed by atoms with E-state index in [-0.39, 0.29) is 18.6 Å². The van der Waals surface area contributed by atoms with Crippen LogP contribution in [0.2, 0.25) is 0 Å². The molecule has 1 N–H and O–H groups in total. The normalized spacial score (nSPS) is 26.4. The molecule has 2 aromatic rings. The number of esters is 1. The van der Waals surface area contributed by atoms with Crippen molar-refractivity contribution in [3.8, 4) is 0 Å². The predicted octanol–water partition coefficient (Wildman–Crippen LogP) is 1.76. The van der Waals surface area contributed by atoms with Crippen LogP contribution < -0.4 is 0 Å². The quantitative estimate of drug-likeness (QED) is 0.830. The van der Waals surface area contributed by atoms with Crippen LogP contribution in [0.5, 0.6) is 0 Å². The van der Waals surface area contributed by atoms with Crippen molar-refractivity contribution in [2.75, 3.05) is 26.7 Å². The van der Waals surface area contributed by atoms with E-state index in [1.54, 1.807) is 0 Å². The Morgan fingerprint density at radius 1 is 1.26 bits per heavy atom. The molecule has 2 aliphatic rings. The summed E-state index contributed by atoms with van der Waals surface area (Å²) in [5, 5.41) is 11.2. The summed E-state index contributed by atoms with van der Waals surface area (Å²) >= 11 is 0. The number of hydrogen-bond donors (Lipinski definition) is 1. The monoisotopic (exact) mass is 371 g/mol. The molecule has 0 aliphatic carbocycles. The highest BCUT2D eigenvalue weighted by Gasteiger charge is 2.38. The maximum atomic E-state index is 11.9. The summed E-state index contributed by atoms with van der Waals surface area (Å²) in [4.78, 5) is 16.9. The van der Waals surface area contributed by atoms with Crippen LogP contribution in [0, 0.1) is 6.92 Å². The molecule has 6 heteroatoms. The van der Waals surface area contributed by atoms with Crippen molar-refractivity contribution < 1.29 is 14.6 Å². The third-order valence-electron chi connectivity index (χ3n) is 6.31. The molecule has 2 saturated heterocycles. The highest BCUT2D eigenvalue weighted by Crippen LogP contribution is 2.31. The molecule has 0 bridgehead atoms. The lowest BCUT2D eigenvalue weighted by Crippen LogP contribution is -2.54. The van der Waals surface area contributed by atoms with Gasteiger partial charge in [-0.05, 0) is 31.9 Å². The number of aliphatic hydroxyl groups excluding tert-OH is 1. The molecule has 0 saturated carbocycles. The number of carbonyl (C=O) groups excluding carboxylic acids is 1. The second-order valence-electron chi connectivity index (χ2n) is 8.02. The van der Waals surface area contributed by atoms with Crippen molar-refractivity contribution in [2.45, 2.75) is 51.5 Å². The van der Waals surface area contributed by atoms with E-state index in [2.05, 4.69) is 46.4 Å². The summed E-state index contributed by atoms with van der Waals surface area (Å²) in [6, 6.07) is 9.17. The van der Waals surface area contributed by atoms with Crippen molar-refractivity contribution in [3.63, 3.8) is 0 Å². The van der Waals surface area contributed by atoms with Crippen LogP contribution >= 0.6 is 0 Å². The number of hydrogen-bond acceptors (Lipinski definition) is 5. The smallest absolute Gasteiger partial charge is 0.325 e. The Morgan fingerprint density at radius 2 is 2.04 bits per heavy atom. The van der Waals surface area contributed by atoms with Gasteiger partial charge in [0.25, 0.3) is 0 Å². The lowest BCUT2D eigenvalue weighted by molar-refractivity contribution is -0.141. The Labute approximate surface area is 160 Å². The minimum absolute atomic E-state index is 0.189. The molecule has 2 aliphatic heterocycles. The Balaban J connectivity index is 1.64. The van der Waals surface area contributed by atoms with Gasteiger partial charge in [0.2, 0.25) is 0 Å². The molecular formula is C21H29N3O3. The molecule has 0 spiro atoms. The number of ether oxygens (including phenoxy) is 1. The highest BCUT2D eigenvalue weighted by molar-refractivity contribution is 5.87. The number of rotatable bonds is 4. The van der Waals surface area contributed by atoms with Crippen LogP contribution in [-0.2, 0) is 22.6 Å². The summed E-state index contributed by atoms with van der Waals surface area (Å²) in [6.45, 7) is 8.25. The fourth-order valence-corrected chi connectivity index (χ4v) is 4.80. The summed E-state index contributed by atoms with van der Waals surface area (Å²) in [5.74, 6) is -0.229. The zero-order valence-corrected chi connectivity index (χ0v) is 16.4. The summed E-state index contributed by atoms with van der Waals surface area (Å²) in [6.07, 6.45) is 0.678. The molecule has 2 fully saturated rings. The Morgan fingerprint density at radius 3 is 2.81 bits per heavy atom. The fourth-order valence-electron chi connectivity index (χ4n) is 4.80. The molecule has 4 rings (SSSR count). The molecular weight excluding hydrogens is 342 g/mol. The zero-order valence-electron chi connectivity index (χ0n) is 16.4. The second-order valence-corrected chi connectivity index (χ2v) is 8.02. The Hall–Kier alpha value is -1.89. The minimum Gasteiger partial charge on any atom is -0.468 e. The highest BCUT2D eigenvalue weighted by atomic mass is 16.5. The van der Waals surface area contributed by atoms with Crippen LogP contribution in [-0.4, -0.2) is 70.4 Å². The first-order valence-electron chi connectivity index (χ1n) is 9.77. The Kier molecular flexibility index (Phi) is 4.97. The van der Waals surface area contributed by atoms with Crippen LogP contribution in [0.3, 0.4) is 0 Å². The van der Waals surface area contributed by atoms with E-state index in [9.17, 15) is 9.90 Å². The molecule has 1 aromatic heterocycles. The van der Waals surface area contributed by atoms with Crippen LogP contribution in [0.25, 0.3) is 10.9 Å². The first kappa shape index (κ1) is 18.5.